The Kier molecular flexibility index (Phi) is 12.3. The maximum absolute atomic E-state index is 15.1. The van der Waals surface area contributed by atoms with Gasteiger partial charge in [-0.2, -0.15) is 0 Å². The maximum atomic E-state index is 15.1. The van der Waals surface area contributed by atoms with Crippen LogP contribution >= 0.6 is 11.6 Å². The Labute approximate surface area is 312 Å². The van der Waals surface area contributed by atoms with Crippen LogP contribution in [0.15, 0.2) is 73.8 Å². The van der Waals surface area contributed by atoms with Gasteiger partial charge in [0, 0.05) is 20.0 Å². The number of anilines is 1. The summed E-state index contributed by atoms with van der Waals surface area (Å²) in [5.74, 6) is -3.78. The lowest BCUT2D eigenvalue weighted by Crippen LogP contribution is -2.60. The van der Waals surface area contributed by atoms with Crippen molar-refractivity contribution in [1.82, 2.24) is 9.80 Å². The molecule has 2 bridgehead atoms. The molecule has 9 atom stereocenters. The van der Waals surface area contributed by atoms with E-state index >= 15 is 4.79 Å². The van der Waals surface area contributed by atoms with Gasteiger partial charge in [0.25, 0.3) is 5.91 Å². The first-order valence-corrected chi connectivity index (χ1v) is 18.7. The SMILES string of the molecule is C=CCCC(=O)N(C)[C@@H](C)[C@@H](OC(=O)[C@@H]1[C@H]2C(=O)N([C@@H](CO)[C@@H](C)CC)[C@H](C(=O)N(CC=C)c3c(C)cccc3Cl)[C@]23CC[C@H]1O3)c1ccccc1. The molecule has 0 unspecified atom stereocenters. The molecule has 1 spiro atoms. The van der Waals surface area contributed by atoms with E-state index in [1.807, 2.05) is 64.1 Å². The highest BCUT2D eigenvalue weighted by atomic mass is 35.5. The number of rotatable bonds is 16. The summed E-state index contributed by atoms with van der Waals surface area (Å²) in [7, 11) is 1.68. The molecule has 0 aromatic heterocycles. The van der Waals surface area contributed by atoms with E-state index in [-0.39, 0.29) is 31.4 Å². The number of esters is 1. The van der Waals surface area contributed by atoms with Crippen molar-refractivity contribution in [2.45, 2.75) is 95.7 Å². The third kappa shape index (κ3) is 6.93. The second kappa shape index (κ2) is 16.4. The van der Waals surface area contributed by atoms with Gasteiger partial charge in [-0.25, -0.2) is 0 Å². The molecule has 3 aliphatic heterocycles. The molecule has 0 saturated carbocycles. The summed E-state index contributed by atoms with van der Waals surface area (Å²) in [6, 6.07) is 12.2. The van der Waals surface area contributed by atoms with Crippen LogP contribution in [0.4, 0.5) is 5.69 Å². The molecule has 0 radical (unpaired) electrons. The molecular formula is C41H52ClN3O7. The van der Waals surface area contributed by atoms with Crippen LogP contribution < -0.4 is 4.90 Å². The number of carbonyl (C=O) groups excluding carboxylic acids is 4. The van der Waals surface area contributed by atoms with Crippen LogP contribution in [0.1, 0.15) is 70.1 Å². The first-order valence-electron chi connectivity index (χ1n) is 18.3. The lowest BCUT2D eigenvalue weighted by Gasteiger charge is -2.41. The van der Waals surface area contributed by atoms with E-state index in [1.165, 1.54) is 9.80 Å². The molecule has 0 aliphatic carbocycles. The Morgan fingerprint density at radius 3 is 2.46 bits per heavy atom. The average Bonchev–Trinajstić information content (AvgIpc) is 3.79. The standard InChI is InChI=1S/C41H52ClN3O7/c1-8-11-20-32(47)43(7)27(6)36(28-17-13-12-14-18-28)51-40(50)33-31-21-22-41(52-31)34(33)38(48)45(30(24-46)25(4)10-3)37(41)39(49)44(23-9-2)35-26(5)16-15-19-29(35)42/h8-9,12-19,25,27,30-31,33-34,36-37,46H,1-2,10-11,20-24H2,3-7H3/t25-,27-,30-,31+,33-,34-,36+,37+,41-/m0/s1. The van der Waals surface area contributed by atoms with E-state index in [1.54, 1.807) is 36.2 Å². The molecule has 280 valence electrons. The van der Waals surface area contributed by atoms with E-state index < -0.39 is 65.6 Å². The Morgan fingerprint density at radius 2 is 1.85 bits per heavy atom. The average molecular weight is 734 g/mol. The first kappa shape index (κ1) is 39.2. The predicted octanol–water partition coefficient (Wildman–Crippen LogP) is 6.05. The summed E-state index contributed by atoms with van der Waals surface area (Å²) in [5, 5.41) is 11.2. The summed E-state index contributed by atoms with van der Waals surface area (Å²) < 4.78 is 13.1. The van der Waals surface area contributed by atoms with Crippen LogP contribution in [0.5, 0.6) is 0 Å². The molecule has 52 heavy (non-hydrogen) atoms. The number of hydrogen-bond acceptors (Lipinski definition) is 7. The van der Waals surface area contributed by atoms with E-state index in [2.05, 4.69) is 13.2 Å². The van der Waals surface area contributed by atoms with Crippen molar-refractivity contribution < 1.29 is 33.8 Å². The third-order valence-corrected chi connectivity index (χ3v) is 11.8. The molecular weight excluding hydrogens is 682 g/mol. The summed E-state index contributed by atoms with van der Waals surface area (Å²) in [5.41, 5.74) is 0.620. The van der Waals surface area contributed by atoms with Crippen molar-refractivity contribution >= 4 is 41.0 Å². The highest BCUT2D eigenvalue weighted by Gasteiger charge is 2.76. The quantitative estimate of drug-likeness (QED) is 0.165. The number of allylic oxidation sites excluding steroid dienone is 1. The van der Waals surface area contributed by atoms with Crippen molar-refractivity contribution in [2.75, 3.05) is 25.1 Å². The van der Waals surface area contributed by atoms with Crippen LogP contribution in [0, 0.1) is 24.7 Å². The highest BCUT2D eigenvalue weighted by molar-refractivity contribution is 6.34. The third-order valence-electron chi connectivity index (χ3n) is 11.5. The summed E-state index contributed by atoms with van der Waals surface area (Å²) >= 11 is 6.71. The number of halogens is 1. The molecule has 10 nitrogen and oxygen atoms in total. The zero-order chi connectivity index (χ0) is 37.9. The van der Waals surface area contributed by atoms with Crippen molar-refractivity contribution in [2.24, 2.45) is 17.8 Å². The zero-order valence-electron chi connectivity index (χ0n) is 30.9. The Morgan fingerprint density at radius 1 is 1.13 bits per heavy atom. The Hall–Kier alpha value is -3.99. The van der Waals surface area contributed by atoms with Gasteiger partial charge in [-0.05, 0) is 56.2 Å². The number of amides is 3. The number of para-hydroxylation sites is 1. The number of ether oxygens (including phenoxy) is 2. The van der Waals surface area contributed by atoms with E-state index in [9.17, 15) is 19.5 Å². The fraction of sp³-hybridized carbons (Fsp3) is 0.512. The van der Waals surface area contributed by atoms with E-state index in [0.29, 0.717) is 42.0 Å². The molecule has 3 amide bonds. The summed E-state index contributed by atoms with van der Waals surface area (Å²) in [6.07, 6.45) is 4.00. The van der Waals surface area contributed by atoms with Crippen molar-refractivity contribution in [3.8, 4) is 0 Å². The van der Waals surface area contributed by atoms with E-state index in [4.69, 9.17) is 21.1 Å². The maximum Gasteiger partial charge on any atom is 0.313 e. The number of aliphatic hydroxyl groups excluding tert-OH is 1. The highest BCUT2D eigenvalue weighted by Crippen LogP contribution is 2.60. The molecule has 3 heterocycles. The van der Waals surface area contributed by atoms with Crippen molar-refractivity contribution in [3.63, 3.8) is 0 Å². The number of aliphatic hydroxyl groups is 1. The predicted molar refractivity (Wildman–Crippen MR) is 200 cm³/mol. The molecule has 3 fully saturated rings. The molecule has 5 rings (SSSR count). The smallest absolute Gasteiger partial charge is 0.313 e. The minimum Gasteiger partial charge on any atom is -0.455 e. The Balaban J connectivity index is 1.56. The number of hydrogen-bond donors (Lipinski definition) is 1. The van der Waals surface area contributed by atoms with Gasteiger partial charge in [-0.3, -0.25) is 19.2 Å². The van der Waals surface area contributed by atoms with E-state index in [0.717, 1.165) is 5.56 Å². The van der Waals surface area contributed by atoms with Gasteiger partial charge in [0.2, 0.25) is 11.8 Å². The number of likely N-dealkylation sites (N-methyl/N-ethyl adjacent to an activating group) is 1. The monoisotopic (exact) mass is 733 g/mol. The fourth-order valence-corrected chi connectivity index (χ4v) is 8.79. The number of aryl methyl sites for hydroxylation is 1. The normalized spacial score (nSPS) is 25.5. The molecule has 2 aromatic rings. The van der Waals surface area contributed by atoms with Gasteiger partial charge in [0.15, 0.2) is 0 Å². The van der Waals surface area contributed by atoms with Gasteiger partial charge >= 0.3 is 5.97 Å². The van der Waals surface area contributed by atoms with Crippen LogP contribution in [-0.2, 0) is 28.7 Å². The summed E-state index contributed by atoms with van der Waals surface area (Å²) in [4.78, 5) is 62.3. The number of benzene rings is 2. The number of likely N-dealkylation sites (tertiary alicyclic amines) is 1. The number of nitrogens with zero attached hydrogens (tertiary/aromatic N) is 3. The number of fused-ring (bicyclic) bond motifs is 1. The van der Waals surface area contributed by atoms with Crippen LogP contribution in [0.3, 0.4) is 0 Å². The van der Waals surface area contributed by atoms with Crippen LogP contribution in [0.25, 0.3) is 0 Å². The molecule has 3 aliphatic rings. The second-order valence-electron chi connectivity index (χ2n) is 14.4. The molecule has 2 aromatic carbocycles. The fourth-order valence-electron chi connectivity index (χ4n) is 8.47. The molecule has 3 saturated heterocycles. The lowest BCUT2D eigenvalue weighted by atomic mass is 9.70. The topological polar surface area (TPSA) is 117 Å². The largest absolute Gasteiger partial charge is 0.455 e. The van der Waals surface area contributed by atoms with Crippen LogP contribution in [0.2, 0.25) is 5.02 Å². The number of carbonyl (C=O) groups is 4. The van der Waals surface area contributed by atoms with Gasteiger partial charge in [0.1, 0.15) is 17.7 Å². The van der Waals surface area contributed by atoms with Crippen molar-refractivity contribution in [1.29, 1.82) is 0 Å². The second-order valence-corrected chi connectivity index (χ2v) is 14.8. The van der Waals surface area contributed by atoms with Gasteiger partial charge < -0.3 is 29.3 Å². The molecule has 11 heteroatoms. The van der Waals surface area contributed by atoms with Gasteiger partial charge in [-0.1, -0.05) is 86.5 Å². The first-order chi connectivity index (χ1) is 24.9. The molecule has 1 N–H and O–H groups in total. The minimum absolute atomic E-state index is 0.111. The lowest BCUT2D eigenvalue weighted by molar-refractivity contribution is -0.165. The Bertz CT molecular complexity index is 1650. The zero-order valence-corrected chi connectivity index (χ0v) is 31.6. The van der Waals surface area contributed by atoms with Crippen molar-refractivity contribution in [3.05, 3.63) is 90.0 Å². The summed E-state index contributed by atoms with van der Waals surface area (Å²) in [6.45, 7) is 14.9. The van der Waals surface area contributed by atoms with Gasteiger partial charge in [-0.15, -0.1) is 13.2 Å². The minimum atomic E-state index is -1.34. The van der Waals surface area contributed by atoms with Gasteiger partial charge in [0.05, 0.1) is 47.3 Å². The van der Waals surface area contributed by atoms with Crippen LogP contribution in [-0.4, -0.2) is 88.6 Å².